The summed E-state index contributed by atoms with van der Waals surface area (Å²) in [6.07, 6.45) is 1.39. The third-order valence-corrected chi connectivity index (χ3v) is 4.07. The minimum atomic E-state index is -0.712. The van der Waals surface area contributed by atoms with Crippen molar-refractivity contribution in [3.8, 4) is 5.75 Å². The van der Waals surface area contributed by atoms with Gasteiger partial charge in [-0.1, -0.05) is 19.9 Å². The second-order valence-electron chi connectivity index (χ2n) is 7.49. The zero-order valence-electron chi connectivity index (χ0n) is 16.0. The molecule has 140 valence electrons. The zero-order chi connectivity index (χ0) is 18.6. The number of carbonyl (C=O) groups excluding carboxylic acids is 1. The van der Waals surface area contributed by atoms with Crippen molar-refractivity contribution >= 4 is 6.09 Å². The number of hydrogen-bond donors (Lipinski definition) is 1. The van der Waals surface area contributed by atoms with Crippen LogP contribution in [0.25, 0.3) is 0 Å². The van der Waals surface area contributed by atoms with Crippen LogP contribution in [0.1, 0.15) is 64.7 Å². The van der Waals surface area contributed by atoms with Crippen molar-refractivity contribution in [3.05, 3.63) is 29.3 Å². The van der Waals surface area contributed by atoms with Crippen molar-refractivity contribution in [1.29, 1.82) is 0 Å². The number of ether oxygens (including phenoxy) is 2. The zero-order valence-corrected chi connectivity index (χ0v) is 16.0. The van der Waals surface area contributed by atoms with Gasteiger partial charge in [0, 0.05) is 6.54 Å². The van der Waals surface area contributed by atoms with Gasteiger partial charge in [0.05, 0.1) is 19.3 Å². The molecule has 1 N–H and O–H groups in total. The number of β-amino-alcohol motifs (C(OH)–C–C–N with tert-alkyl or cyclic N) is 1. The van der Waals surface area contributed by atoms with E-state index in [1.54, 1.807) is 4.90 Å². The summed E-state index contributed by atoms with van der Waals surface area (Å²) >= 11 is 0. The molecule has 2 aliphatic rings. The predicted molar refractivity (Wildman–Crippen MR) is 97.6 cm³/mol. The lowest BCUT2D eigenvalue weighted by molar-refractivity contribution is 0.00824. The number of rotatable bonds is 3. The Hall–Kier alpha value is -1.75. The van der Waals surface area contributed by atoms with E-state index in [0.717, 1.165) is 23.5 Å². The molecule has 1 fully saturated rings. The Morgan fingerprint density at radius 2 is 1.96 bits per heavy atom. The van der Waals surface area contributed by atoms with E-state index in [-0.39, 0.29) is 6.54 Å². The van der Waals surface area contributed by atoms with Crippen LogP contribution in [0.4, 0.5) is 4.79 Å². The molecule has 3 rings (SSSR count). The van der Waals surface area contributed by atoms with E-state index in [0.29, 0.717) is 12.5 Å². The fourth-order valence-electron chi connectivity index (χ4n) is 2.66. The number of amides is 1. The van der Waals surface area contributed by atoms with E-state index in [9.17, 15) is 9.90 Å². The average molecular weight is 349 g/mol. The minimum Gasteiger partial charge on any atom is -0.493 e. The lowest BCUT2D eigenvalue weighted by atomic mass is 9.97. The first-order valence-electron chi connectivity index (χ1n) is 9.23. The SMILES string of the molecule is CC.CC(C)(C)OC(=O)N1Cc2ccc(OCC3CC3)cc2C(O)C1. The summed E-state index contributed by atoms with van der Waals surface area (Å²) in [5.74, 6) is 1.49. The summed E-state index contributed by atoms with van der Waals surface area (Å²) in [6.45, 7) is 10.9. The maximum atomic E-state index is 12.2. The van der Waals surface area contributed by atoms with Crippen LogP contribution in [0.5, 0.6) is 5.75 Å². The first-order valence-corrected chi connectivity index (χ1v) is 9.23. The van der Waals surface area contributed by atoms with Gasteiger partial charge < -0.3 is 19.5 Å². The molecule has 1 aliphatic heterocycles. The van der Waals surface area contributed by atoms with Gasteiger partial charge in [0.25, 0.3) is 0 Å². The van der Waals surface area contributed by atoms with Crippen molar-refractivity contribution < 1.29 is 19.4 Å². The Labute approximate surface area is 150 Å². The molecule has 1 saturated carbocycles. The quantitative estimate of drug-likeness (QED) is 0.884. The lowest BCUT2D eigenvalue weighted by Crippen LogP contribution is -2.41. The van der Waals surface area contributed by atoms with Gasteiger partial charge in [-0.2, -0.15) is 0 Å². The van der Waals surface area contributed by atoms with Gasteiger partial charge in [0.1, 0.15) is 11.4 Å². The van der Waals surface area contributed by atoms with E-state index >= 15 is 0 Å². The monoisotopic (exact) mass is 349 g/mol. The summed E-state index contributed by atoms with van der Waals surface area (Å²) in [4.78, 5) is 13.7. The largest absolute Gasteiger partial charge is 0.493 e. The van der Waals surface area contributed by atoms with E-state index in [2.05, 4.69) is 0 Å². The minimum absolute atomic E-state index is 0.244. The summed E-state index contributed by atoms with van der Waals surface area (Å²) < 4.78 is 11.2. The van der Waals surface area contributed by atoms with Crippen LogP contribution >= 0.6 is 0 Å². The smallest absolute Gasteiger partial charge is 0.410 e. The molecular formula is C20H31NO4. The van der Waals surface area contributed by atoms with Crippen molar-refractivity contribution in [2.75, 3.05) is 13.2 Å². The van der Waals surface area contributed by atoms with Crippen molar-refractivity contribution in [1.82, 2.24) is 4.90 Å². The number of benzene rings is 1. The topological polar surface area (TPSA) is 59.0 Å². The Bertz CT molecular complexity index is 590. The van der Waals surface area contributed by atoms with Crippen LogP contribution in [-0.2, 0) is 11.3 Å². The molecule has 0 bridgehead atoms. The van der Waals surface area contributed by atoms with E-state index in [4.69, 9.17) is 9.47 Å². The Morgan fingerprint density at radius 1 is 1.28 bits per heavy atom. The van der Waals surface area contributed by atoms with Gasteiger partial charge in [0.15, 0.2) is 0 Å². The molecule has 0 radical (unpaired) electrons. The van der Waals surface area contributed by atoms with Gasteiger partial charge in [-0.05, 0) is 62.8 Å². The number of aliphatic hydroxyl groups excluding tert-OH is 1. The van der Waals surface area contributed by atoms with Crippen molar-refractivity contribution in [2.45, 2.75) is 65.7 Å². The first kappa shape index (κ1) is 19.6. The van der Waals surface area contributed by atoms with Crippen LogP contribution in [0, 0.1) is 5.92 Å². The molecule has 1 unspecified atom stereocenters. The standard InChI is InChI=1S/C18H25NO4.C2H6/c1-18(2,3)23-17(21)19-9-13-6-7-14(22-11-12-4-5-12)8-15(13)16(20)10-19;1-2/h6-8,12,16,20H,4-5,9-11H2,1-3H3;1-2H3. The average Bonchev–Trinajstić information content (AvgIpc) is 3.37. The fraction of sp³-hybridized carbons (Fsp3) is 0.650. The van der Waals surface area contributed by atoms with Crippen LogP contribution in [0.15, 0.2) is 18.2 Å². The molecule has 25 heavy (non-hydrogen) atoms. The molecule has 0 aromatic heterocycles. The summed E-state index contributed by atoms with van der Waals surface area (Å²) in [5.41, 5.74) is 1.24. The molecule has 1 atom stereocenters. The molecule has 0 saturated heterocycles. The summed E-state index contributed by atoms with van der Waals surface area (Å²) in [7, 11) is 0. The third kappa shape index (κ3) is 5.63. The van der Waals surface area contributed by atoms with E-state index < -0.39 is 17.8 Å². The van der Waals surface area contributed by atoms with Crippen LogP contribution < -0.4 is 4.74 Å². The summed E-state index contributed by atoms with van der Waals surface area (Å²) in [5, 5.41) is 10.4. The second-order valence-corrected chi connectivity index (χ2v) is 7.49. The van der Waals surface area contributed by atoms with Gasteiger partial charge >= 0.3 is 6.09 Å². The lowest BCUT2D eigenvalue weighted by Gasteiger charge is -2.33. The van der Waals surface area contributed by atoms with Gasteiger partial charge in [-0.25, -0.2) is 4.79 Å². The molecule has 1 aromatic carbocycles. The first-order chi connectivity index (χ1) is 11.8. The molecular weight excluding hydrogens is 318 g/mol. The predicted octanol–water partition coefficient (Wildman–Crippen LogP) is 4.29. The van der Waals surface area contributed by atoms with E-state index in [1.807, 2.05) is 52.8 Å². The van der Waals surface area contributed by atoms with Gasteiger partial charge in [-0.15, -0.1) is 0 Å². The van der Waals surface area contributed by atoms with Crippen LogP contribution in [-0.4, -0.2) is 34.9 Å². The van der Waals surface area contributed by atoms with Crippen molar-refractivity contribution in [2.24, 2.45) is 5.92 Å². The third-order valence-electron chi connectivity index (χ3n) is 4.07. The molecule has 1 amide bonds. The number of hydrogen-bond acceptors (Lipinski definition) is 4. The molecule has 5 heteroatoms. The van der Waals surface area contributed by atoms with Crippen LogP contribution in [0.3, 0.4) is 0 Å². The maximum Gasteiger partial charge on any atom is 0.410 e. The molecule has 1 aliphatic carbocycles. The highest BCUT2D eigenvalue weighted by Gasteiger charge is 2.30. The fourth-order valence-corrected chi connectivity index (χ4v) is 2.66. The van der Waals surface area contributed by atoms with E-state index in [1.165, 1.54) is 12.8 Å². The number of nitrogens with zero attached hydrogens (tertiary/aromatic N) is 1. The highest BCUT2D eigenvalue weighted by Crippen LogP contribution is 2.33. The molecule has 5 nitrogen and oxygen atoms in total. The highest BCUT2D eigenvalue weighted by atomic mass is 16.6. The molecule has 1 aromatic rings. The van der Waals surface area contributed by atoms with Crippen LogP contribution in [0.2, 0.25) is 0 Å². The maximum absolute atomic E-state index is 12.2. The Balaban J connectivity index is 0.00000109. The van der Waals surface area contributed by atoms with Gasteiger partial charge in [0.2, 0.25) is 0 Å². The summed E-state index contributed by atoms with van der Waals surface area (Å²) in [6, 6.07) is 5.73. The number of fused-ring (bicyclic) bond motifs is 1. The molecule has 0 spiro atoms. The number of carbonyl (C=O) groups is 1. The molecule has 1 heterocycles. The highest BCUT2D eigenvalue weighted by molar-refractivity contribution is 5.69. The van der Waals surface area contributed by atoms with Gasteiger partial charge in [-0.3, -0.25) is 0 Å². The normalized spacial score (nSPS) is 19.4. The number of aliphatic hydroxyl groups is 1. The Morgan fingerprint density at radius 3 is 2.56 bits per heavy atom. The Kier molecular flexibility index (Phi) is 6.33. The second kappa shape index (κ2) is 8.09. The van der Waals surface area contributed by atoms with Crippen molar-refractivity contribution in [3.63, 3.8) is 0 Å².